The summed E-state index contributed by atoms with van der Waals surface area (Å²) in [5.74, 6) is 0.263. The van der Waals surface area contributed by atoms with Crippen molar-refractivity contribution in [2.75, 3.05) is 0 Å². The van der Waals surface area contributed by atoms with Crippen LogP contribution in [0.2, 0.25) is 10.0 Å². The highest BCUT2D eigenvalue weighted by Gasteiger charge is 2.47. The van der Waals surface area contributed by atoms with Gasteiger partial charge in [-0.25, -0.2) is 0 Å². The van der Waals surface area contributed by atoms with E-state index in [1.54, 1.807) is 19.1 Å². The average Bonchev–Trinajstić information content (AvgIpc) is 2.92. The van der Waals surface area contributed by atoms with Crippen molar-refractivity contribution in [3.63, 3.8) is 0 Å². The Morgan fingerprint density at radius 3 is 2.60 bits per heavy atom. The normalized spacial score (nSPS) is 17.5. The molecule has 1 aromatic rings. The monoisotopic (exact) mass is 242 g/mol. The first kappa shape index (κ1) is 11.0. The second-order valence-electron chi connectivity index (χ2n) is 4.25. The number of hydrogen-bond donors (Lipinski definition) is 0. The van der Waals surface area contributed by atoms with Gasteiger partial charge in [0.2, 0.25) is 0 Å². The van der Waals surface area contributed by atoms with Gasteiger partial charge in [-0.3, -0.25) is 4.79 Å². The first-order chi connectivity index (χ1) is 7.03. The molecule has 0 heterocycles. The Morgan fingerprint density at radius 2 is 2.07 bits per heavy atom. The first-order valence-corrected chi connectivity index (χ1v) is 5.74. The molecule has 1 aromatic carbocycles. The van der Waals surface area contributed by atoms with Gasteiger partial charge in [-0.05, 0) is 49.9 Å². The average molecular weight is 243 g/mol. The molecular formula is C12H12Cl2O. The lowest BCUT2D eigenvalue weighted by atomic mass is 9.93. The third kappa shape index (κ3) is 2.19. The molecule has 0 amide bonds. The smallest absolute Gasteiger partial charge is 0.136 e. The Labute approximate surface area is 99.4 Å². The van der Waals surface area contributed by atoms with Crippen LogP contribution in [-0.2, 0) is 11.2 Å². The number of ketones is 1. The van der Waals surface area contributed by atoms with Crippen LogP contribution >= 0.6 is 23.2 Å². The van der Waals surface area contributed by atoms with Crippen molar-refractivity contribution in [3.05, 3.63) is 33.8 Å². The van der Waals surface area contributed by atoms with Gasteiger partial charge >= 0.3 is 0 Å². The van der Waals surface area contributed by atoms with Crippen LogP contribution in [-0.4, -0.2) is 5.78 Å². The van der Waals surface area contributed by atoms with Crippen molar-refractivity contribution < 1.29 is 4.79 Å². The van der Waals surface area contributed by atoms with Crippen LogP contribution in [0.3, 0.4) is 0 Å². The van der Waals surface area contributed by atoms with E-state index < -0.39 is 0 Å². The Hall–Kier alpha value is -0.530. The number of benzene rings is 1. The lowest BCUT2D eigenvalue weighted by Gasteiger charge is -2.12. The van der Waals surface area contributed by atoms with Gasteiger partial charge in [0.1, 0.15) is 5.78 Å². The summed E-state index contributed by atoms with van der Waals surface area (Å²) in [5.41, 5.74) is 0.839. The number of rotatable bonds is 3. The molecule has 1 saturated carbocycles. The van der Waals surface area contributed by atoms with Gasteiger partial charge in [-0.15, -0.1) is 0 Å². The van der Waals surface area contributed by atoms with Gasteiger partial charge in [0, 0.05) is 15.5 Å². The van der Waals surface area contributed by atoms with Gasteiger partial charge in [-0.1, -0.05) is 23.2 Å². The SMILES string of the molecule is CC(=O)C1(Cc2cc(Cl)ccc2Cl)CC1. The fourth-order valence-electron chi connectivity index (χ4n) is 1.85. The number of hydrogen-bond acceptors (Lipinski definition) is 1. The largest absolute Gasteiger partial charge is 0.299 e. The van der Waals surface area contributed by atoms with Crippen molar-refractivity contribution >= 4 is 29.0 Å². The Balaban J connectivity index is 2.24. The maximum absolute atomic E-state index is 11.5. The summed E-state index contributed by atoms with van der Waals surface area (Å²) in [4.78, 5) is 11.5. The molecule has 1 fully saturated rings. The molecule has 0 spiro atoms. The summed E-state index contributed by atoms with van der Waals surface area (Å²) in [7, 11) is 0. The highest BCUT2D eigenvalue weighted by atomic mass is 35.5. The van der Waals surface area contributed by atoms with E-state index in [1.807, 2.05) is 6.07 Å². The van der Waals surface area contributed by atoms with E-state index in [-0.39, 0.29) is 11.2 Å². The molecule has 1 aliphatic carbocycles. The van der Waals surface area contributed by atoms with E-state index in [1.165, 1.54) is 0 Å². The third-order valence-corrected chi connectivity index (χ3v) is 3.74. The first-order valence-electron chi connectivity index (χ1n) is 4.98. The molecule has 1 nitrogen and oxygen atoms in total. The van der Waals surface area contributed by atoms with E-state index in [4.69, 9.17) is 23.2 Å². The lowest BCUT2D eigenvalue weighted by Crippen LogP contribution is -2.15. The van der Waals surface area contributed by atoms with Crippen molar-refractivity contribution in [1.82, 2.24) is 0 Å². The molecule has 0 aromatic heterocycles. The minimum absolute atomic E-state index is 0.145. The maximum Gasteiger partial charge on any atom is 0.136 e. The van der Waals surface area contributed by atoms with Gasteiger partial charge in [0.15, 0.2) is 0 Å². The summed E-state index contributed by atoms with van der Waals surface area (Å²) in [5, 5.41) is 1.38. The highest BCUT2D eigenvalue weighted by Crippen LogP contribution is 2.50. The van der Waals surface area contributed by atoms with Crippen molar-refractivity contribution in [1.29, 1.82) is 0 Å². The van der Waals surface area contributed by atoms with E-state index >= 15 is 0 Å². The summed E-state index contributed by atoms with van der Waals surface area (Å²) in [6.45, 7) is 1.66. The Morgan fingerprint density at radius 1 is 1.40 bits per heavy atom. The zero-order valence-corrected chi connectivity index (χ0v) is 10.0. The molecule has 2 rings (SSSR count). The molecule has 1 aliphatic rings. The fraction of sp³-hybridized carbons (Fsp3) is 0.417. The van der Waals surface area contributed by atoms with Crippen LogP contribution in [0.25, 0.3) is 0 Å². The number of carbonyl (C=O) groups is 1. The zero-order valence-electron chi connectivity index (χ0n) is 8.52. The second kappa shape index (κ2) is 3.80. The van der Waals surface area contributed by atoms with E-state index in [9.17, 15) is 4.79 Å². The molecule has 80 valence electrons. The Bertz CT molecular complexity index is 408. The quantitative estimate of drug-likeness (QED) is 0.786. The summed E-state index contributed by atoms with van der Waals surface area (Å²) in [6.07, 6.45) is 2.68. The van der Waals surface area contributed by atoms with Crippen molar-refractivity contribution in [3.8, 4) is 0 Å². The summed E-state index contributed by atoms with van der Waals surface area (Å²) >= 11 is 12.0. The van der Waals surface area contributed by atoms with Crippen LogP contribution < -0.4 is 0 Å². The van der Waals surface area contributed by atoms with E-state index in [2.05, 4.69) is 0 Å². The molecule has 0 aliphatic heterocycles. The van der Waals surface area contributed by atoms with Crippen molar-refractivity contribution in [2.45, 2.75) is 26.2 Å². The molecule has 0 bridgehead atoms. The van der Waals surface area contributed by atoms with Gasteiger partial charge < -0.3 is 0 Å². The van der Waals surface area contributed by atoms with Crippen molar-refractivity contribution in [2.24, 2.45) is 5.41 Å². The standard InChI is InChI=1S/C12H12Cl2O/c1-8(15)12(4-5-12)7-9-6-10(13)2-3-11(9)14/h2-3,6H,4-5,7H2,1H3. The second-order valence-corrected chi connectivity index (χ2v) is 5.09. The number of Topliss-reactive ketones (excluding diaryl/α,β-unsaturated/α-hetero) is 1. The van der Waals surface area contributed by atoms with Gasteiger partial charge in [0.05, 0.1) is 0 Å². The maximum atomic E-state index is 11.5. The topological polar surface area (TPSA) is 17.1 Å². The van der Waals surface area contributed by atoms with Crippen LogP contribution in [0.1, 0.15) is 25.3 Å². The predicted octanol–water partition coefficient (Wildman–Crippen LogP) is 3.91. The molecule has 3 heteroatoms. The van der Waals surface area contributed by atoms with Crippen LogP contribution in [0.15, 0.2) is 18.2 Å². The lowest BCUT2D eigenvalue weighted by molar-refractivity contribution is -0.121. The molecule has 0 radical (unpaired) electrons. The fourth-order valence-corrected chi connectivity index (χ4v) is 2.23. The number of carbonyl (C=O) groups excluding carboxylic acids is 1. The molecule has 0 atom stereocenters. The number of halogens is 2. The molecule has 15 heavy (non-hydrogen) atoms. The van der Waals surface area contributed by atoms with Crippen LogP contribution in [0.4, 0.5) is 0 Å². The molecule has 0 unspecified atom stereocenters. The third-order valence-electron chi connectivity index (χ3n) is 3.14. The minimum atomic E-state index is -0.145. The molecule has 0 N–H and O–H groups in total. The van der Waals surface area contributed by atoms with Crippen LogP contribution in [0.5, 0.6) is 0 Å². The van der Waals surface area contributed by atoms with Crippen LogP contribution in [0, 0.1) is 5.41 Å². The molecular weight excluding hydrogens is 231 g/mol. The Kier molecular flexibility index (Phi) is 2.78. The zero-order chi connectivity index (χ0) is 11.1. The minimum Gasteiger partial charge on any atom is -0.299 e. The summed E-state index contributed by atoms with van der Waals surface area (Å²) < 4.78 is 0. The van der Waals surface area contributed by atoms with E-state index in [0.717, 1.165) is 24.8 Å². The van der Waals surface area contributed by atoms with E-state index in [0.29, 0.717) is 10.0 Å². The van der Waals surface area contributed by atoms with Gasteiger partial charge in [-0.2, -0.15) is 0 Å². The van der Waals surface area contributed by atoms with Gasteiger partial charge in [0.25, 0.3) is 0 Å². The summed E-state index contributed by atoms with van der Waals surface area (Å²) in [6, 6.07) is 5.41. The highest BCUT2D eigenvalue weighted by molar-refractivity contribution is 6.33. The predicted molar refractivity (Wildman–Crippen MR) is 62.5 cm³/mol. The molecule has 0 saturated heterocycles.